The summed E-state index contributed by atoms with van der Waals surface area (Å²) in [5.74, 6) is 0.361. The zero-order valence-electron chi connectivity index (χ0n) is 22.6. The topological polar surface area (TPSA) is 97.6 Å². The van der Waals surface area contributed by atoms with Crippen LogP contribution >= 0.6 is 0 Å². The van der Waals surface area contributed by atoms with Crippen molar-refractivity contribution in [2.24, 2.45) is 10.9 Å². The van der Waals surface area contributed by atoms with Crippen molar-refractivity contribution in [3.63, 3.8) is 0 Å². The average molecular weight is 520 g/mol. The molecule has 1 heterocycles. The summed E-state index contributed by atoms with van der Waals surface area (Å²) in [6, 6.07) is 12.2. The van der Waals surface area contributed by atoms with Gasteiger partial charge >= 0.3 is 0 Å². The molecule has 7 nitrogen and oxygen atoms in total. The van der Waals surface area contributed by atoms with Crippen molar-refractivity contribution in [2.75, 3.05) is 25.0 Å². The molecular weight excluding hydrogens is 481 g/mol. The molecule has 2 aromatic rings. The summed E-state index contributed by atoms with van der Waals surface area (Å²) in [6.45, 7) is 7.77. The molecule has 2 aromatic carbocycles. The predicted octanol–water partition coefficient (Wildman–Crippen LogP) is 5.58. The van der Waals surface area contributed by atoms with Crippen LogP contribution in [0.5, 0.6) is 0 Å². The molecule has 0 bridgehead atoms. The molecule has 1 saturated heterocycles. The lowest BCUT2D eigenvalue weighted by atomic mass is 9.84. The van der Waals surface area contributed by atoms with Gasteiger partial charge in [-0.25, -0.2) is 4.39 Å². The summed E-state index contributed by atoms with van der Waals surface area (Å²) in [5.41, 5.74) is 2.54. The highest BCUT2D eigenvalue weighted by molar-refractivity contribution is 6.03. The van der Waals surface area contributed by atoms with Crippen LogP contribution in [0.3, 0.4) is 0 Å². The van der Waals surface area contributed by atoms with E-state index in [0.29, 0.717) is 35.3 Å². The van der Waals surface area contributed by atoms with Crippen LogP contribution in [-0.4, -0.2) is 48.1 Å². The number of carbonyl (C=O) groups is 2. The fourth-order valence-corrected chi connectivity index (χ4v) is 5.13. The Bertz CT molecular complexity index is 1140. The average Bonchev–Trinajstić information content (AvgIpc) is 2.89. The van der Waals surface area contributed by atoms with E-state index in [1.54, 1.807) is 18.2 Å². The van der Waals surface area contributed by atoms with Crippen molar-refractivity contribution in [2.45, 2.75) is 65.3 Å². The van der Waals surface area contributed by atoms with Crippen molar-refractivity contribution >= 4 is 23.2 Å². The third kappa shape index (κ3) is 8.77. The van der Waals surface area contributed by atoms with Crippen LogP contribution in [0, 0.1) is 23.2 Å². The number of piperidine rings is 1. The molecule has 2 N–H and O–H groups in total. The fourth-order valence-electron chi connectivity index (χ4n) is 5.13. The van der Waals surface area contributed by atoms with Gasteiger partial charge in [0, 0.05) is 29.4 Å². The van der Waals surface area contributed by atoms with E-state index in [9.17, 15) is 19.2 Å². The summed E-state index contributed by atoms with van der Waals surface area (Å²) >= 11 is 0. The summed E-state index contributed by atoms with van der Waals surface area (Å²) in [7, 11) is 0. The molecule has 0 saturated carbocycles. The van der Waals surface area contributed by atoms with Crippen LogP contribution in [0.15, 0.2) is 47.5 Å². The van der Waals surface area contributed by atoms with Crippen LogP contribution in [0.25, 0.3) is 0 Å². The van der Waals surface area contributed by atoms with E-state index in [4.69, 9.17) is 0 Å². The van der Waals surface area contributed by atoms with Gasteiger partial charge in [0.1, 0.15) is 5.82 Å². The Morgan fingerprint density at radius 3 is 2.42 bits per heavy atom. The number of rotatable bonds is 11. The smallest absolute Gasteiger partial charge is 0.209 e. The van der Waals surface area contributed by atoms with Gasteiger partial charge < -0.3 is 10.2 Å². The Labute approximate surface area is 225 Å². The third-order valence-electron chi connectivity index (χ3n) is 7.04. The number of nitrogens with zero attached hydrogens (tertiary/aromatic N) is 3. The number of anilines is 1. The molecule has 0 aromatic heterocycles. The van der Waals surface area contributed by atoms with Crippen molar-refractivity contribution in [3.8, 4) is 6.19 Å². The second kappa shape index (κ2) is 14.4. The molecule has 0 unspecified atom stereocenters. The van der Waals surface area contributed by atoms with Crippen molar-refractivity contribution < 1.29 is 14.0 Å². The molecule has 1 aliphatic rings. The first-order valence-corrected chi connectivity index (χ1v) is 13.4. The molecule has 0 radical (unpaired) electrons. The van der Waals surface area contributed by atoms with E-state index >= 15 is 0 Å². The van der Waals surface area contributed by atoms with E-state index in [2.05, 4.69) is 27.4 Å². The van der Waals surface area contributed by atoms with Gasteiger partial charge in [-0.05, 0) is 107 Å². The largest absolute Gasteiger partial charge is 0.325 e. The minimum atomic E-state index is -0.199. The number of nitrogens with one attached hydrogen (secondary N) is 2. The standard InChI is InChI=1S/C30H38FN5O2/c1-4-13-36-14-11-24(15-23-7-9-27(31)10-8-23)16-29(36)6-5-12-33-30(34-20-32)35-28-18-25(21(2)37)17-26(19-28)22(3)38/h7-10,17-19,24,29H,4-6,11-16H2,1-3H3,(H2,33,34,35)/t24-,29-/m0/s1. The molecule has 202 valence electrons. The normalized spacial score (nSPS) is 18.0. The van der Waals surface area contributed by atoms with Gasteiger partial charge in [-0.2, -0.15) is 5.26 Å². The van der Waals surface area contributed by atoms with Crippen molar-refractivity contribution in [3.05, 3.63) is 65.0 Å². The number of hydrogen-bond donors (Lipinski definition) is 2. The molecule has 1 fully saturated rings. The quantitative estimate of drug-likeness (QED) is 0.100. The lowest BCUT2D eigenvalue weighted by Crippen LogP contribution is -2.43. The first-order valence-electron chi connectivity index (χ1n) is 13.4. The summed E-state index contributed by atoms with van der Waals surface area (Å²) in [4.78, 5) is 30.9. The predicted molar refractivity (Wildman–Crippen MR) is 149 cm³/mol. The summed E-state index contributed by atoms with van der Waals surface area (Å²) in [5, 5.41) is 14.8. The molecule has 8 heteroatoms. The van der Waals surface area contributed by atoms with Gasteiger partial charge in [0.15, 0.2) is 17.8 Å². The second-order valence-corrected chi connectivity index (χ2v) is 10.1. The highest BCUT2D eigenvalue weighted by atomic mass is 19.1. The number of carbonyl (C=O) groups excluding carboxylic acids is 2. The van der Waals surface area contributed by atoms with Crippen LogP contribution in [0.1, 0.15) is 79.2 Å². The van der Waals surface area contributed by atoms with Crippen LogP contribution in [0.2, 0.25) is 0 Å². The van der Waals surface area contributed by atoms with Crippen molar-refractivity contribution in [1.82, 2.24) is 10.2 Å². The van der Waals surface area contributed by atoms with Gasteiger partial charge in [-0.1, -0.05) is 19.1 Å². The summed E-state index contributed by atoms with van der Waals surface area (Å²) < 4.78 is 13.3. The van der Waals surface area contributed by atoms with E-state index in [-0.39, 0.29) is 23.3 Å². The lowest BCUT2D eigenvalue weighted by molar-refractivity contribution is 0.101. The molecule has 38 heavy (non-hydrogen) atoms. The van der Waals surface area contributed by atoms with Crippen LogP contribution in [-0.2, 0) is 6.42 Å². The molecule has 0 spiro atoms. The molecule has 0 aliphatic carbocycles. The molecule has 0 amide bonds. The molecule has 1 aliphatic heterocycles. The maximum Gasteiger partial charge on any atom is 0.209 e. The highest BCUT2D eigenvalue weighted by Gasteiger charge is 2.27. The third-order valence-corrected chi connectivity index (χ3v) is 7.04. The van der Waals surface area contributed by atoms with Gasteiger partial charge in [0.2, 0.25) is 5.96 Å². The zero-order chi connectivity index (χ0) is 27.5. The van der Waals surface area contributed by atoms with E-state index in [1.165, 1.54) is 31.5 Å². The molecular formula is C30H38FN5O2. The fraction of sp³-hybridized carbons (Fsp3) is 0.467. The Morgan fingerprint density at radius 1 is 1.13 bits per heavy atom. The highest BCUT2D eigenvalue weighted by Crippen LogP contribution is 2.29. The van der Waals surface area contributed by atoms with E-state index in [0.717, 1.165) is 51.6 Å². The number of aliphatic imine (C=N–C) groups is 1. The number of benzene rings is 2. The monoisotopic (exact) mass is 519 g/mol. The first kappa shape index (κ1) is 29.0. The van der Waals surface area contributed by atoms with Crippen molar-refractivity contribution in [1.29, 1.82) is 5.26 Å². The number of halogens is 1. The number of hydrogen-bond acceptors (Lipinski definition) is 5. The number of nitriles is 1. The minimum Gasteiger partial charge on any atom is -0.325 e. The number of ketones is 2. The van der Waals surface area contributed by atoms with Crippen LogP contribution < -0.4 is 10.6 Å². The Kier molecular flexibility index (Phi) is 11.0. The zero-order valence-corrected chi connectivity index (χ0v) is 22.6. The van der Waals surface area contributed by atoms with Gasteiger partial charge in [0.25, 0.3) is 0 Å². The Morgan fingerprint density at radius 2 is 1.82 bits per heavy atom. The minimum absolute atomic E-state index is 0.148. The first-order chi connectivity index (χ1) is 18.3. The van der Waals surface area contributed by atoms with E-state index < -0.39 is 0 Å². The summed E-state index contributed by atoms with van der Waals surface area (Å²) in [6.07, 6.45) is 8.09. The molecule has 2 atom stereocenters. The van der Waals surface area contributed by atoms with Gasteiger partial charge in [0.05, 0.1) is 0 Å². The van der Waals surface area contributed by atoms with Gasteiger partial charge in [-0.15, -0.1) is 0 Å². The van der Waals surface area contributed by atoms with Gasteiger partial charge in [-0.3, -0.25) is 19.9 Å². The maximum absolute atomic E-state index is 13.3. The number of guanidine groups is 1. The second-order valence-electron chi connectivity index (χ2n) is 10.1. The maximum atomic E-state index is 13.3. The van der Waals surface area contributed by atoms with Crippen LogP contribution in [0.4, 0.5) is 10.1 Å². The number of likely N-dealkylation sites (tertiary alicyclic amines) is 1. The number of Topliss-reactive ketones (excluding diaryl/α,β-unsaturated/α-hetero) is 2. The van der Waals surface area contributed by atoms with E-state index in [1.807, 2.05) is 18.3 Å². The molecule has 3 rings (SSSR count). The SMILES string of the molecule is CCCN1CC[C@@H](Cc2ccc(F)cc2)C[C@@H]1CCCN=C(NC#N)Nc1cc(C(C)=O)cc(C(C)=O)c1. The lowest BCUT2D eigenvalue weighted by Gasteiger charge is -2.39. The Hall–Kier alpha value is -3.57. The Balaban J connectivity index is 1.62.